The number of ether oxygens (including phenoxy) is 2. The van der Waals surface area contributed by atoms with E-state index in [1.807, 2.05) is 43.3 Å². The molecule has 1 N–H and O–H groups in total. The topological polar surface area (TPSA) is 47.6 Å². The molecule has 2 rings (SSSR count). The summed E-state index contributed by atoms with van der Waals surface area (Å²) in [5, 5.41) is 2.97. The van der Waals surface area contributed by atoms with Crippen molar-refractivity contribution in [3.05, 3.63) is 59.7 Å². The Morgan fingerprint density at radius 2 is 1.58 bits per heavy atom. The van der Waals surface area contributed by atoms with Crippen molar-refractivity contribution in [3.63, 3.8) is 0 Å². The monoisotopic (exact) mass is 327 g/mol. The van der Waals surface area contributed by atoms with Gasteiger partial charge in [-0.15, -0.1) is 0 Å². The second kappa shape index (κ2) is 9.60. The summed E-state index contributed by atoms with van der Waals surface area (Å²) in [6.07, 6.45) is 2.25. The lowest BCUT2D eigenvalue weighted by atomic mass is 10.1. The first-order valence-electron chi connectivity index (χ1n) is 8.32. The molecule has 4 nitrogen and oxygen atoms in total. The van der Waals surface area contributed by atoms with Gasteiger partial charge in [-0.1, -0.05) is 24.3 Å². The molecule has 0 heterocycles. The molecular weight excluding hydrogens is 302 g/mol. The van der Waals surface area contributed by atoms with Gasteiger partial charge in [0, 0.05) is 6.54 Å². The van der Waals surface area contributed by atoms with Crippen molar-refractivity contribution in [2.45, 2.75) is 26.2 Å². The van der Waals surface area contributed by atoms with Gasteiger partial charge in [-0.3, -0.25) is 4.79 Å². The fraction of sp³-hybridized carbons (Fsp3) is 0.350. The van der Waals surface area contributed by atoms with Crippen LogP contribution in [0, 0.1) is 0 Å². The van der Waals surface area contributed by atoms with Crippen molar-refractivity contribution in [2.24, 2.45) is 0 Å². The number of hydrogen-bond acceptors (Lipinski definition) is 3. The van der Waals surface area contributed by atoms with Crippen molar-refractivity contribution in [3.8, 4) is 11.5 Å². The first-order chi connectivity index (χ1) is 11.7. The van der Waals surface area contributed by atoms with Crippen molar-refractivity contribution in [1.82, 2.24) is 5.32 Å². The molecule has 0 aliphatic heterocycles. The summed E-state index contributed by atoms with van der Waals surface area (Å²) in [4.78, 5) is 11.9. The van der Waals surface area contributed by atoms with Gasteiger partial charge in [-0.25, -0.2) is 0 Å². The van der Waals surface area contributed by atoms with E-state index in [0.717, 1.165) is 29.9 Å². The zero-order valence-electron chi connectivity index (χ0n) is 14.4. The van der Waals surface area contributed by atoms with Gasteiger partial charge < -0.3 is 14.8 Å². The molecule has 0 saturated heterocycles. The predicted molar refractivity (Wildman–Crippen MR) is 95.6 cm³/mol. The van der Waals surface area contributed by atoms with Gasteiger partial charge in [0.05, 0.1) is 20.1 Å². The number of rotatable bonds is 9. The first kappa shape index (κ1) is 17.9. The Kier molecular flexibility index (Phi) is 7.15. The van der Waals surface area contributed by atoms with Gasteiger partial charge in [-0.05, 0) is 55.2 Å². The quantitative estimate of drug-likeness (QED) is 0.718. The van der Waals surface area contributed by atoms with Gasteiger partial charge >= 0.3 is 0 Å². The molecule has 0 saturated carbocycles. The molecule has 0 radical (unpaired) electrons. The second-order valence-corrected chi connectivity index (χ2v) is 5.56. The highest BCUT2D eigenvalue weighted by molar-refractivity contribution is 5.78. The van der Waals surface area contributed by atoms with Crippen molar-refractivity contribution in [2.75, 3.05) is 20.3 Å². The number of benzene rings is 2. The maximum absolute atomic E-state index is 11.9. The molecule has 0 aromatic heterocycles. The zero-order valence-corrected chi connectivity index (χ0v) is 14.4. The molecular formula is C20H25NO3. The smallest absolute Gasteiger partial charge is 0.224 e. The van der Waals surface area contributed by atoms with Gasteiger partial charge in [0.15, 0.2) is 0 Å². The summed E-state index contributed by atoms with van der Waals surface area (Å²) < 4.78 is 10.5. The predicted octanol–water partition coefficient (Wildman–Crippen LogP) is 3.39. The van der Waals surface area contributed by atoms with E-state index in [-0.39, 0.29) is 5.91 Å². The maximum atomic E-state index is 11.9. The van der Waals surface area contributed by atoms with Gasteiger partial charge in [0.1, 0.15) is 11.5 Å². The van der Waals surface area contributed by atoms with Crippen LogP contribution in [0.4, 0.5) is 0 Å². The molecule has 24 heavy (non-hydrogen) atoms. The number of methoxy groups -OCH3 is 1. The van der Waals surface area contributed by atoms with Crippen LogP contribution in [-0.2, 0) is 17.6 Å². The minimum absolute atomic E-state index is 0.0480. The van der Waals surface area contributed by atoms with Crippen molar-refractivity contribution in [1.29, 1.82) is 0 Å². The Bertz CT molecular complexity index is 620. The van der Waals surface area contributed by atoms with Gasteiger partial charge in [0.2, 0.25) is 5.91 Å². The standard InChI is InChI=1S/C20H25NO3/c1-3-24-19-12-6-16(7-13-19)5-4-14-21-20(22)15-17-8-10-18(23-2)11-9-17/h6-13H,3-5,14-15H2,1-2H3,(H,21,22). The molecule has 0 aliphatic rings. The molecule has 2 aromatic carbocycles. The number of carbonyl (C=O) groups is 1. The van der Waals surface area contributed by atoms with Crippen LogP contribution < -0.4 is 14.8 Å². The van der Waals surface area contributed by atoms with Crippen LogP contribution in [0.15, 0.2) is 48.5 Å². The van der Waals surface area contributed by atoms with E-state index in [0.29, 0.717) is 19.6 Å². The van der Waals surface area contributed by atoms with Gasteiger partial charge in [-0.2, -0.15) is 0 Å². The molecule has 0 aliphatic carbocycles. The third-order valence-corrected chi connectivity index (χ3v) is 3.72. The molecule has 128 valence electrons. The van der Waals surface area contributed by atoms with E-state index in [9.17, 15) is 4.79 Å². The lowest BCUT2D eigenvalue weighted by molar-refractivity contribution is -0.120. The maximum Gasteiger partial charge on any atom is 0.224 e. The fourth-order valence-corrected chi connectivity index (χ4v) is 2.43. The van der Waals surface area contributed by atoms with Crippen LogP contribution in [0.5, 0.6) is 11.5 Å². The third kappa shape index (κ3) is 5.95. The average Bonchev–Trinajstić information content (AvgIpc) is 2.61. The van der Waals surface area contributed by atoms with Gasteiger partial charge in [0.25, 0.3) is 0 Å². The molecule has 2 aromatic rings. The summed E-state index contributed by atoms with van der Waals surface area (Å²) in [6.45, 7) is 3.34. The fourth-order valence-electron chi connectivity index (χ4n) is 2.43. The molecule has 4 heteroatoms. The second-order valence-electron chi connectivity index (χ2n) is 5.56. The summed E-state index contributed by atoms with van der Waals surface area (Å²) in [7, 11) is 1.63. The molecule has 0 unspecified atom stereocenters. The molecule has 0 bridgehead atoms. The number of hydrogen-bond donors (Lipinski definition) is 1. The summed E-state index contributed by atoms with van der Waals surface area (Å²) in [5.41, 5.74) is 2.24. The van der Waals surface area contributed by atoms with E-state index in [1.54, 1.807) is 7.11 Å². The van der Waals surface area contributed by atoms with Crippen molar-refractivity contribution < 1.29 is 14.3 Å². The Morgan fingerprint density at radius 1 is 0.958 bits per heavy atom. The van der Waals surface area contributed by atoms with Crippen LogP contribution >= 0.6 is 0 Å². The normalized spacial score (nSPS) is 10.2. The Hall–Kier alpha value is -2.49. The zero-order chi connectivity index (χ0) is 17.2. The van der Waals surface area contributed by atoms with Crippen LogP contribution in [0.25, 0.3) is 0 Å². The van der Waals surface area contributed by atoms with Crippen LogP contribution in [0.3, 0.4) is 0 Å². The van der Waals surface area contributed by atoms with Crippen LogP contribution in [0.1, 0.15) is 24.5 Å². The minimum atomic E-state index is 0.0480. The Balaban J connectivity index is 1.66. The highest BCUT2D eigenvalue weighted by Crippen LogP contribution is 2.13. The summed E-state index contributed by atoms with van der Waals surface area (Å²) in [6, 6.07) is 15.7. The average molecular weight is 327 g/mol. The molecule has 0 spiro atoms. The van der Waals surface area contributed by atoms with Crippen LogP contribution in [0.2, 0.25) is 0 Å². The number of nitrogens with one attached hydrogen (secondary N) is 1. The lowest BCUT2D eigenvalue weighted by Crippen LogP contribution is -2.26. The number of aryl methyl sites for hydroxylation is 1. The van der Waals surface area contributed by atoms with E-state index in [4.69, 9.17) is 9.47 Å². The molecule has 0 atom stereocenters. The largest absolute Gasteiger partial charge is 0.497 e. The highest BCUT2D eigenvalue weighted by atomic mass is 16.5. The third-order valence-electron chi connectivity index (χ3n) is 3.72. The molecule has 1 amide bonds. The summed E-state index contributed by atoms with van der Waals surface area (Å²) in [5.74, 6) is 1.75. The van der Waals surface area contributed by atoms with E-state index in [2.05, 4.69) is 17.4 Å². The summed E-state index contributed by atoms with van der Waals surface area (Å²) >= 11 is 0. The number of amides is 1. The first-order valence-corrected chi connectivity index (χ1v) is 8.32. The van der Waals surface area contributed by atoms with E-state index >= 15 is 0 Å². The SMILES string of the molecule is CCOc1ccc(CCCNC(=O)Cc2ccc(OC)cc2)cc1. The minimum Gasteiger partial charge on any atom is -0.497 e. The Labute approximate surface area is 143 Å². The van der Waals surface area contributed by atoms with Crippen molar-refractivity contribution >= 4 is 5.91 Å². The molecule has 0 fully saturated rings. The Morgan fingerprint density at radius 3 is 2.21 bits per heavy atom. The van der Waals surface area contributed by atoms with E-state index < -0.39 is 0 Å². The van der Waals surface area contributed by atoms with E-state index in [1.165, 1.54) is 5.56 Å². The van der Waals surface area contributed by atoms with Crippen LogP contribution in [-0.4, -0.2) is 26.2 Å². The number of carbonyl (C=O) groups excluding carboxylic acids is 1. The highest BCUT2D eigenvalue weighted by Gasteiger charge is 2.03. The lowest BCUT2D eigenvalue weighted by Gasteiger charge is -2.07.